The van der Waals surface area contributed by atoms with E-state index < -0.39 is 5.60 Å². The average molecular weight is 285 g/mol. The van der Waals surface area contributed by atoms with Gasteiger partial charge in [0.15, 0.2) is 0 Å². The second-order valence-electron chi connectivity index (χ2n) is 6.57. The number of ether oxygens (including phenoxy) is 1. The summed E-state index contributed by atoms with van der Waals surface area (Å²) in [5.41, 5.74) is -0.488. The van der Waals surface area contributed by atoms with E-state index in [0.29, 0.717) is 19.6 Å². The molecule has 1 rings (SSSR count). The Kier molecular flexibility index (Phi) is 5.80. The van der Waals surface area contributed by atoms with Crippen molar-refractivity contribution in [3.05, 3.63) is 0 Å². The number of carbonyl (C=O) groups is 2. The third-order valence-electron chi connectivity index (χ3n) is 2.90. The van der Waals surface area contributed by atoms with Gasteiger partial charge in [-0.05, 0) is 47.7 Å². The number of amides is 2. The highest BCUT2D eigenvalue weighted by Crippen LogP contribution is 2.15. The van der Waals surface area contributed by atoms with Crippen LogP contribution in [0.1, 0.15) is 33.6 Å². The van der Waals surface area contributed by atoms with Crippen molar-refractivity contribution in [3.63, 3.8) is 0 Å². The Morgan fingerprint density at radius 3 is 2.55 bits per heavy atom. The van der Waals surface area contributed by atoms with Gasteiger partial charge in [-0.1, -0.05) is 0 Å². The van der Waals surface area contributed by atoms with Crippen molar-refractivity contribution in [2.75, 3.05) is 33.7 Å². The zero-order valence-corrected chi connectivity index (χ0v) is 13.2. The lowest BCUT2D eigenvalue weighted by atomic mass is 10.1. The van der Waals surface area contributed by atoms with Gasteiger partial charge in [0.2, 0.25) is 5.91 Å². The van der Waals surface area contributed by atoms with Crippen LogP contribution in [0.25, 0.3) is 0 Å². The summed E-state index contributed by atoms with van der Waals surface area (Å²) in [5, 5.41) is 2.97. The minimum Gasteiger partial charge on any atom is -0.444 e. The number of nitrogens with one attached hydrogen (secondary N) is 1. The smallest absolute Gasteiger partial charge is 0.410 e. The normalized spacial score (nSPS) is 19.9. The molecule has 0 aromatic rings. The molecule has 6 heteroatoms. The zero-order valence-electron chi connectivity index (χ0n) is 13.2. The first-order valence-corrected chi connectivity index (χ1v) is 7.09. The molecule has 0 aliphatic carbocycles. The van der Waals surface area contributed by atoms with Gasteiger partial charge in [0.25, 0.3) is 0 Å². The van der Waals surface area contributed by atoms with E-state index in [2.05, 4.69) is 5.32 Å². The lowest BCUT2D eigenvalue weighted by Crippen LogP contribution is -2.51. The van der Waals surface area contributed by atoms with E-state index in [1.807, 2.05) is 39.8 Å². The molecular weight excluding hydrogens is 258 g/mol. The number of nitrogens with zero attached hydrogens (tertiary/aromatic N) is 2. The number of likely N-dealkylation sites (tertiary alicyclic amines) is 1. The van der Waals surface area contributed by atoms with Crippen molar-refractivity contribution in [2.45, 2.75) is 45.3 Å². The third kappa shape index (κ3) is 6.23. The number of rotatable bonds is 3. The van der Waals surface area contributed by atoms with Crippen molar-refractivity contribution in [1.82, 2.24) is 15.1 Å². The molecule has 1 aliphatic heterocycles. The highest BCUT2D eigenvalue weighted by atomic mass is 16.6. The fraction of sp³-hybridized carbons (Fsp3) is 0.857. The van der Waals surface area contributed by atoms with Crippen LogP contribution in [0.3, 0.4) is 0 Å². The first-order chi connectivity index (χ1) is 9.17. The van der Waals surface area contributed by atoms with Crippen LogP contribution >= 0.6 is 0 Å². The van der Waals surface area contributed by atoms with E-state index >= 15 is 0 Å². The van der Waals surface area contributed by atoms with Crippen molar-refractivity contribution < 1.29 is 14.3 Å². The summed E-state index contributed by atoms with van der Waals surface area (Å²) in [7, 11) is 3.71. The summed E-state index contributed by atoms with van der Waals surface area (Å²) >= 11 is 0. The molecule has 1 N–H and O–H groups in total. The Morgan fingerprint density at radius 1 is 1.35 bits per heavy atom. The molecule has 0 aromatic carbocycles. The van der Waals surface area contributed by atoms with Crippen molar-refractivity contribution >= 4 is 12.0 Å². The number of likely N-dealkylation sites (N-methyl/N-ethyl adjacent to an activating group) is 1. The zero-order chi connectivity index (χ0) is 15.3. The van der Waals surface area contributed by atoms with Crippen LogP contribution in [-0.4, -0.2) is 67.2 Å². The Balaban J connectivity index is 2.46. The molecule has 0 spiro atoms. The Morgan fingerprint density at radius 2 is 2.00 bits per heavy atom. The van der Waals surface area contributed by atoms with E-state index in [1.165, 1.54) is 0 Å². The van der Waals surface area contributed by atoms with Gasteiger partial charge >= 0.3 is 6.09 Å². The Bertz CT molecular complexity index is 350. The van der Waals surface area contributed by atoms with E-state index in [-0.39, 0.29) is 18.0 Å². The predicted molar refractivity (Wildman–Crippen MR) is 77.5 cm³/mol. The average Bonchev–Trinajstić information content (AvgIpc) is 2.25. The number of hydrogen-bond donors (Lipinski definition) is 1. The molecule has 1 aliphatic rings. The Labute approximate surface area is 121 Å². The standard InChI is InChI=1S/C14H27N3O3/c1-14(2,3)20-13(19)17-8-6-7-11(9-17)15-12(18)10-16(4)5/h11H,6-10H2,1-5H3,(H,15,18). The van der Waals surface area contributed by atoms with Gasteiger partial charge in [-0.3, -0.25) is 4.79 Å². The quantitative estimate of drug-likeness (QED) is 0.842. The highest BCUT2D eigenvalue weighted by molar-refractivity contribution is 5.78. The molecule has 1 saturated heterocycles. The van der Waals surface area contributed by atoms with Crippen molar-refractivity contribution in [2.24, 2.45) is 0 Å². The molecule has 1 unspecified atom stereocenters. The molecule has 20 heavy (non-hydrogen) atoms. The van der Waals surface area contributed by atoms with Gasteiger partial charge < -0.3 is 19.9 Å². The van der Waals surface area contributed by atoms with Crippen molar-refractivity contribution in [1.29, 1.82) is 0 Å². The number of carbonyl (C=O) groups excluding carboxylic acids is 2. The molecule has 1 fully saturated rings. The van der Waals surface area contributed by atoms with Crippen LogP contribution in [0.5, 0.6) is 0 Å². The van der Waals surface area contributed by atoms with Crippen LogP contribution in [0.2, 0.25) is 0 Å². The van der Waals surface area contributed by atoms with Gasteiger partial charge in [-0.2, -0.15) is 0 Å². The van der Waals surface area contributed by atoms with Gasteiger partial charge in [0, 0.05) is 19.1 Å². The monoisotopic (exact) mass is 285 g/mol. The topological polar surface area (TPSA) is 61.9 Å². The van der Waals surface area contributed by atoms with E-state index in [9.17, 15) is 9.59 Å². The second-order valence-corrected chi connectivity index (χ2v) is 6.57. The molecular formula is C14H27N3O3. The maximum absolute atomic E-state index is 12.0. The molecule has 2 amide bonds. The Hall–Kier alpha value is -1.30. The summed E-state index contributed by atoms with van der Waals surface area (Å²) in [6.07, 6.45) is 1.48. The van der Waals surface area contributed by atoms with Crippen LogP contribution in [0, 0.1) is 0 Å². The number of hydrogen-bond acceptors (Lipinski definition) is 4. The molecule has 0 bridgehead atoms. The van der Waals surface area contributed by atoms with Gasteiger partial charge in [0.1, 0.15) is 5.60 Å². The fourth-order valence-corrected chi connectivity index (χ4v) is 2.15. The predicted octanol–water partition coefficient (Wildman–Crippen LogP) is 1.06. The van der Waals surface area contributed by atoms with E-state index in [0.717, 1.165) is 12.8 Å². The molecule has 0 aromatic heterocycles. The van der Waals surface area contributed by atoms with Crippen LogP contribution in [0.15, 0.2) is 0 Å². The third-order valence-corrected chi connectivity index (χ3v) is 2.90. The van der Waals surface area contributed by atoms with Crippen LogP contribution in [0.4, 0.5) is 4.79 Å². The molecule has 1 heterocycles. The van der Waals surface area contributed by atoms with Gasteiger partial charge in [-0.15, -0.1) is 0 Å². The minimum atomic E-state index is -0.488. The first kappa shape index (κ1) is 16.8. The summed E-state index contributed by atoms with van der Waals surface area (Å²) < 4.78 is 5.36. The minimum absolute atomic E-state index is 0.00830. The summed E-state index contributed by atoms with van der Waals surface area (Å²) in [4.78, 5) is 27.2. The summed E-state index contributed by atoms with van der Waals surface area (Å²) in [6, 6.07) is 0.0173. The second kappa shape index (κ2) is 6.92. The lowest BCUT2D eigenvalue weighted by Gasteiger charge is -2.34. The van der Waals surface area contributed by atoms with E-state index in [4.69, 9.17) is 4.74 Å². The van der Waals surface area contributed by atoms with Gasteiger partial charge in [-0.25, -0.2) is 4.79 Å². The van der Waals surface area contributed by atoms with Crippen LogP contribution in [-0.2, 0) is 9.53 Å². The maximum atomic E-state index is 12.0. The number of piperidine rings is 1. The maximum Gasteiger partial charge on any atom is 0.410 e. The van der Waals surface area contributed by atoms with E-state index in [1.54, 1.807) is 4.90 Å². The largest absolute Gasteiger partial charge is 0.444 e. The SMILES string of the molecule is CN(C)CC(=O)NC1CCCN(C(=O)OC(C)(C)C)C1. The lowest BCUT2D eigenvalue weighted by molar-refractivity contribution is -0.122. The molecule has 116 valence electrons. The molecule has 0 saturated carbocycles. The molecule has 1 atom stereocenters. The van der Waals surface area contributed by atoms with Crippen LogP contribution < -0.4 is 5.32 Å². The van der Waals surface area contributed by atoms with Crippen molar-refractivity contribution in [3.8, 4) is 0 Å². The molecule has 6 nitrogen and oxygen atoms in total. The first-order valence-electron chi connectivity index (χ1n) is 7.09. The highest BCUT2D eigenvalue weighted by Gasteiger charge is 2.28. The molecule has 0 radical (unpaired) electrons. The summed E-state index contributed by atoms with van der Waals surface area (Å²) in [6.45, 7) is 7.13. The van der Waals surface area contributed by atoms with Gasteiger partial charge in [0.05, 0.1) is 6.54 Å². The summed E-state index contributed by atoms with van der Waals surface area (Å²) in [5.74, 6) is -0.00830. The fourth-order valence-electron chi connectivity index (χ4n) is 2.15.